The van der Waals surface area contributed by atoms with Gasteiger partial charge in [-0.1, -0.05) is 25.1 Å². The van der Waals surface area contributed by atoms with Crippen molar-refractivity contribution in [2.75, 3.05) is 6.61 Å². The zero-order valence-corrected chi connectivity index (χ0v) is 8.09. The molecule has 0 saturated carbocycles. The number of aryl methyl sites for hydroxylation is 2. The summed E-state index contributed by atoms with van der Waals surface area (Å²) in [7, 11) is 0. The Bertz CT molecular complexity index is 304. The lowest BCUT2D eigenvalue weighted by Crippen LogP contribution is -1.99. The largest absolute Gasteiger partial charge is 0.396 e. The molecule has 0 amide bonds. The van der Waals surface area contributed by atoms with Gasteiger partial charge in [-0.05, 0) is 36.0 Å². The van der Waals surface area contributed by atoms with Crippen LogP contribution in [0.3, 0.4) is 0 Å². The third-order valence-corrected chi connectivity index (χ3v) is 2.97. The Kier molecular flexibility index (Phi) is 2.36. The predicted molar refractivity (Wildman–Crippen MR) is 54.0 cm³/mol. The number of fused-ring (bicyclic) bond motifs is 1. The number of rotatable bonds is 2. The van der Waals surface area contributed by atoms with Crippen LogP contribution in [0.4, 0.5) is 0 Å². The molecule has 13 heavy (non-hydrogen) atoms. The highest BCUT2D eigenvalue weighted by Crippen LogP contribution is 2.25. The highest BCUT2D eigenvalue weighted by Gasteiger charge is 2.12. The summed E-state index contributed by atoms with van der Waals surface area (Å²) in [4.78, 5) is 0. The van der Waals surface area contributed by atoms with Crippen LogP contribution in [-0.4, -0.2) is 11.7 Å². The highest BCUT2D eigenvalue weighted by molar-refractivity contribution is 5.36. The molecule has 1 N–H and O–H groups in total. The predicted octanol–water partition coefficient (Wildman–Crippen LogP) is 2.27. The van der Waals surface area contributed by atoms with Crippen molar-refractivity contribution in [2.45, 2.75) is 32.1 Å². The number of benzene rings is 1. The Morgan fingerprint density at radius 1 is 1.31 bits per heavy atom. The molecule has 0 radical (unpaired) electrons. The Labute approximate surface area is 79.4 Å². The molecule has 0 aromatic heterocycles. The monoisotopic (exact) mass is 176 g/mol. The summed E-state index contributed by atoms with van der Waals surface area (Å²) >= 11 is 0. The van der Waals surface area contributed by atoms with Gasteiger partial charge in [-0.2, -0.15) is 0 Å². The van der Waals surface area contributed by atoms with Gasteiger partial charge in [0.05, 0.1) is 0 Å². The van der Waals surface area contributed by atoms with Crippen molar-refractivity contribution in [3.8, 4) is 0 Å². The van der Waals surface area contributed by atoms with Crippen molar-refractivity contribution in [2.24, 2.45) is 0 Å². The fraction of sp³-hybridized carbons (Fsp3) is 0.500. The molecular weight excluding hydrogens is 160 g/mol. The third kappa shape index (κ3) is 1.61. The minimum atomic E-state index is 0.249. The van der Waals surface area contributed by atoms with E-state index in [0.29, 0.717) is 0 Å². The van der Waals surface area contributed by atoms with E-state index >= 15 is 0 Å². The van der Waals surface area contributed by atoms with Crippen molar-refractivity contribution in [1.29, 1.82) is 0 Å². The minimum Gasteiger partial charge on any atom is -0.396 e. The average Bonchev–Trinajstić information content (AvgIpc) is 2.63. The van der Waals surface area contributed by atoms with Crippen molar-refractivity contribution in [3.63, 3.8) is 0 Å². The van der Waals surface area contributed by atoms with Crippen LogP contribution >= 0.6 is 0 Å². The molecule has 0 fully saturated rings. The first-order chi connectivity index (χ1) is 6.31. The molecule has 0 aliphatic heterocycles. The van der Waals surface area contributed by atoms with E-state index in [1.165, 1.54) is 36.0 Å². The fourth-order valence-corrected chi connectivity index (χ4v) is 2.00. The van der Waals surface area contributed by atoms with Crippen molar-refractivity contribution in [1.82, 2.24) is 0 Å². The topological polar surface area (TPSA) is 20.2 Å². The summed E-state index contributed by atoms with van der Waals surface area (Å²) in [6.45, 7) is 2.31. The van der Waals surface area contributed by atoms with Crippen LogP contribution in [0.2, 0.25) is 0 Å². The van der Waals surface area contributed by atoms with Gasteiger partial charge in [0.1, 0.15) is 0 Å². The lowest BCUT2D eigenvalue weighted by atomic mass is 9.98. The van der Waals surface area contributed by atoms with Crippen molar-refractivity contribution >= 4 is 0 Å². The number of hydrogen-bond acceptors (Lipinski definition) is 1. The van der Waals surface area contributed by atoms with Crippen LogP contribution in [0.15, 0.2) is 18.2 Å². The summed E-state index contributed by atoms with van der Waals surface area (Å²) in [5, 5.41) is 9.04. The molecule has 0 spiro atoms. The summed E-state index contributed by atoms with van der Waals surface area (Å²) in [5.74, 6) is 0.283. The maximum absolute atomic E-state index is 9.04. The van der Waals surface area contributed by atoms with E-state index in [4.69, 9.17) is 5.11 Å². The molecule has 1 atom stereocenters. The van der Waals surface area contributed by atoms with Gasteiger partial charge in [0.15, 0.2) is 0 Å². The van der Waals surface area contributed by atoms with E-state index in [-0.39, 0.29) is 12.5 Å². The lowest BCUT2D eigenvalue weighted by molar-refractivity contribution is 0.273. The van der Waals surface area contributed by atoms with Crippen molar-refractivity contribution in [3.05, 3.63) is 34.9 Å². The number of aliphatic hydroxyl groups excluding tert-OH is 1. The lowest BCUT2D eigenvalue weighted by Gasteiger charge is -2.09. The van der Waals surface area contributed by atoms with Gasteiger partial charge in [0.2, 0.25) is 0 Å². The van der Waals surface area contributed by atoms with Gasteiger partial charge in [0.25, 0.3) is 0 Å². The smallest absolute Gasteiger partial charge is 0.0497 e. The quantitative estimate of drug-likeness (QED) is 0.733. The highest BCUT2D eigenvalue weighted by atomic mass is 16.3. The SMILES string of the molecule is C[C@@H](CO)c1ccc2c(c1)CCC2. The van der Waals surface area contributed by atoms with Crippen LogP contribution in [0.5, 0.6) is 0 Å². The molecule has 0 bridgehead atoms. The number of hydrogen-bond donors (Lipinski definition) is 1. The summed E-state index contributed by atoms with van der Waals surface area (Å²) in [5.41, 5.74) is 4.29. The van der Waals surface area contributed by atoms with Crippen LogP contribution in [0, 0.1) is 0 Å². The molecule has 1 aromatic carbocycles. The van der Waals surface area contributed by atoms with E-state index in [9.17, 15) is 0 Å². The van der Waals surface area contributed by atoms with Crippen LogP contribution < -0.4 is 0 Å². The second-order valence-corrected chi connectivity index (χ2v) is 3.97. The van der Waals surface area contributed by atoms with Gasteiger partial charge in [-0.3, -0.25) is 0 Å². The third-order valence-electron chi connectivity index (χ3n) is 2.97. The minimum absolute atomic E-state index is 0.249. The number of aliphatic hydroxyl groups is 1. The molecular formula is C12H16O. The van der Waals surface area contributed by atoms with Gasteiger partial charge in [-0.25, -0.2) is 0 Å². The average molecular weight is 176 g/mol. The van der Waals surface area contributed by atoms with Gasteiger partial charge >= 0.3 is 0 Å². The molecule has 1 heteroatoms. The van der Waals surface area contributed by atoms with E-state index in [0.717, 1.165) is 0 Å². The molecule has 0 heterocycles. The maximum atomic E-state index is 9.04. The van der Waals surface area contributed by atoms with Crippen LogP contribution in [0.25, 0.3) is 0 Å². The first-order valence-corrected chi connectivity index (χ1v) is 5.04. The molecule has 1 aliphatic rings. The standard InChI is InChI=1S/C12H16O/c1-9(8-13)11-6-5-10-3-2-4-12(10)7-11/h5-7,9,13H,2-4,8H2,1H3/t9-/m0/s1. The Morgan fingerprint density at radius 2 is 2.08 bits per heavy atom. The molecule has 70 valence electrons. The van der Waals surface area contributed by atoms with E-state index in [1.54, 1.807) is 0 Å². The molecule has 0 saturated heterocycles. The summed E-state index contributed by atoms with van der Waals surface area (Å²) in [6.07, 6.45) is 3.76. The van der Waals surface area contributed by atoms with E-state index in [2.05, 4.69) is 25.1 Å². The molecule has 0 unspecified atom stereocenters. The first-order valence-electron chi connectivity index (χ1n) is 5.04. The zero-order valence-electron chi connectivity index (χ0n) is 8.09. The molecule has 1 nitrogen and oxygen atoms in total. The Hall–Kier alpha value is -0.820. The Balaban J connectivity index is 2.30. The zero-order chi connectivity index (χ0) is 9.26. The van der Waals surface area contributed by atoms with Gasteiger partial charge in [-0.15, -0.1) is 0 Å². The second-order valence-electron chi connectivity index (χ2n) is 3.97. The molecule has 2 rings (SSSR count). The van der Waals surface area contributed by atoms with E-state index < -0.39 is 0 Å². The maximum Gasteiger partial charge on any atom is 0.0497 e. The molecule has 1 aliphatic carbocycles. The van der Waals surface area contributed by atoms with Crippen LogP contribution in [0.1, 0.15) is 36.0 Å². The normalized spacial score (nSPS) is 17.1. The van der Waals surface area contributed by atoms with Gasteiger partial charge < -0.3 is 5.11 Å². The summed E-state index contributed by atoms with van der Waals surface area (Å²) in [6, 6.07) is 6.65. The fourth-order valence-electron chi connectivity index (χ4n) is 2.00. The first kappa shape index (κ1) is 8.76. The second kappa shape index (κ2) is 3.51. The summed E-state index contributed by atoms with van der Waals surface area (Å²) < 4.78 is 0. The van der Waals surface area contributed by atoms with Gasteiger partial charge in [0, 0.05) is 12.5 Å². The van der Waals surface area contributed by atoms with E-state index in [1.807, 2.05) is 0 Å². The van der Waals surface area contributed by atoms with Crippen molar-refractivity contribution < 1.29 is 5.11 Å². The van der Waals surface area contributed by atoms with Crippen LogP contribution in [-0.2, 0) is 12.8 Å². The molecule has 1 aromatic rings. The Morgan fingerprint density at radius 3 is 2.85 bits per heavy atom.